The Labute approximate surface area is 127 Å². The number of halogens is 1. The first kappa shape index (κ1) is 15.1. The van der Waals surface area contributed by atoms with Crippen LogP contribution in [0.4, 0.5) is 0 Å². The van der Waals surface area contributed by atoms with Gasteiger partial charge < -0.3 is 0 Å². The van der Waals surface area contributed by atoms with E-state index in [2.05, 4.69) is 55.2 Å². The first-order chi connectivity index (χ1) is 9.38. The van der Waals surface area contributed by atoms with Crippen molar-refractivity contribution in [3.8, 4) is 0 Å². The Hall–Kier alpha value is -1.26. The Morgan fingerprint density at radius 1 is 1.25 bits per heavy atom. The minimum Gasteiger partial charge on any atom is -0.266 e. The highest BCUT2D eigenvalue weighted by Gasteiger charge is 2.13. The van der Waals surface area contributed by atoms with Gasteiger partial charge in [0.2, 0.25) is 0 Å². The molecule has 1 aromatic heterocycles. The number of thioether (sulfide) groups is 1. The van der Waals surface area contributed by atoms with E-state index in [1.165, 1.54) is 22.9 Å². The van der Waals surface area contributed by atoms with E-state index < -0.39 is 0 Å². The number of aromatic amines is 1. The summed E-state index contributed by atoms with van der Waals surface area (Å²) in [6, 6.07) is 8.52. The smallest absolute Gasteiger partial charge is 0.266 e. The third kappa shape index (κ3) is 3.64. The molecule has 0 aliphatic carbocycles. The van der Waals surface area contributed by atoms with Crippen molar-refractivity contribution in [3.63, 3.8) is 0 Å². The maximum absolute atomic E-state index is 11.3. The summed E-state index contributed by atoms with van der Waals surface area (Å²) in [5.41, 5.74) is 2.31. The van der Waals surface area contributed by atoms with Gasteiger partial charge in [-0.05, 0) is 16.5 Å². The summed E-state index contributed by atoms with van der Waals surface area (Å²) < 4.78 is 0. The molecule has 106 valence electrons. The fraction of sp³-hybridized carbons (Fsp3) is 0.333. The maximum atomic E-state index is 11.3. The highest BCUT2D eigenvalue weighted by Crippen LogP contribution is 2.28. The number of hydrogen-bond acceptors (Lipinski definition) is 3. The normalized spacial score (nSPS) is 11.6. The fourth-order valence-electron chi connectivity index (χ4n) is 1.73. The van der Waals surface area contributed by atoms with Crippen molar-refractivity contribution in [3.05, 3.63) is 57.0 Å². The molecule has 2 rings (SSSR count). The third-order valence-corrected chi connectivity index (χ3v) is 4.56. The zero-order valence-corrected chi connectivity index (χ0v) is 13.3. The summed E-state index contributed by atoms with van der Waals surface area (Å²) in [6.45, 7) is 6.58. The van der Waals surface area contributed by atoms with Crippen LogP contribution in [-0.2, 0) is 11.2 Å². The van der Waals surface area contributed by atoms with Gasteiger partial charge in [0.1, 0.15) is 5.02 Å². The Morgan fingerprint density at radius 2 is 1.90 bits per heavy atom. The van der Waals surface area contributed by atoms with Gasteiger partial charge in [-0.15, -0.1) is 11.8 Å². The molecule has 1 aromatic carbocycles. The van der Waals surface area contributed by atoms with Crippen LogP contribution in [0, 0.1) is 0 Å². The van der Waals surface area contributed by atoms with Gasteiger partial charge >= 0.3 is 0 Å². The third-order valence-electron chi connectivity index (χ3n) is 2.98. The molecule has 0 saturated carbocycles. The molecule has 2 aromatic rings. The number of rotatable bonds is 3. The van der Waals surface area contributed by atoms with Crippen molar-refractivity contribution < 1.29 is 0 Å². The molecule has 0 fully saturated rings. The van der Waals surface area contributed by atoms with Crippen LogP contribution in [0.2, 0.25) is 5.02 Å². The molecular formula is C15H17ClN2OS. The Kier molecular flexibility index (Phi) is 4.55. The molecule has 0 amide bonds. The topological polar surface area (TPSA) is 45.8 Å². The predicted octanol–water partition coefficient (Wildman–Crippen LogP) is 4.01. The summed E-state index contributed by atoms with van der Waals surface area (Å²) in [4.78, 5) is 12.0. The first-order valence-corrected chi connectivity index (χ1v) is 7.69. The average molecular weight is 309 g/mol. The number of hydrogen-bond donors (Lipinski definition) is 1. The molecule has 20 heavy (non-hydrogen) atoms. The van der Waals surface area contributed by atoms with Gasteiger partial charge in [0.25, 0.3) is 5.56 Å². The second-order valence-corrected chi connectivity index (χ2v) is 7.01. The van der Waals surface area contributed by atoms with Gasteiger partial charge in [0.05, 0.1) is 11.1 Å². The van der Waals surface area contributed by atoms with Crippen LogP contribution < -0.4 is 5.56 Å². The monoisotopic (exact) mass is 308 g/mol. The van der Waals surface area contributed by atoms with Gasteiger partial charge in [0, 0.05) is 5.75 Å². The van der Waals surface area contributed by atoms with Gasteiger partial charge in [-0.3, -0.25) is 4.79 Å². The van der Waals surface area contributed by atoms with Crippen LogP contribution >= 0.6 is 23.4 Å². The van der Waals surface area contributed by atoms with Crippen molar-refractivity contribution in [1.82, 2.24) is 10.2 Å². The molecular weight excluding hydrogens is 292 g/mol. The van der Waals surface area contributed by atoms with Gasteiger partial charge in [0.15, 0.2) is 0 Å². The second kappa shape index (κ2) is 6.02. The number of nitrogens with zero attached hydrogens (tertiary/aromatic N) is 1. The molecule has 0 radical (unpaired) electrons. The molecule has 0 aliphatic rings. The van der Waals surface area contributed by atoms with Crippen molar-refractivity contribution in [2.24, 2.45) is 0 Å². The number of H-pyrrole nitrogens is 1. The summed E-state index contributed by atoms with van der Waals surface area (Å²) in [7, 11) is 0. The number of nitrogens with one attached hydrogen (secondary N) is 1. The molecule has 0 atom stereocenters. The summed E-state index contributed by atoms with van der Waals surface area (Å²) in [5, 5.41) is 6.28. The lowest BCUT2D eigenvalue weighted by molar-refractivity contribution is 0.590. The van der Waals surface area contributed by atoms with Crippen LogP contribution in [0.15, 0.2) is 40.2 Å². The summed E-state index contributed by atoms with van der Waals surface area (Å²) in [6.07, 6.45) is 1.58. The van der Waals surface area contributed by atoms with Crippen molar-refractivity contribution in [1.29, 1.82) is 0 Å². The molecule has 1 N–H and O–H groups in total. The Morgan fingerprint density at radius 3 is 2.50 bits per heavy atom. The minimum absolute atomic E-state index is 0.158. The van der Waals surface area contributed by atoms with Gasteiger partial charge in [-0.1, -0.05) is 56.6 Å². The number of aromatic nitrogens is 2. The SMILES string of the molecule is CC(C)(C)c1ccc(CSc2cn[nH]c(=O)c2Cl)cc1. The van der Waals surface area contributed by atoms with E-state index in [4.69, 9.17) is 11.6 Å². The first-order valence-electron chi connectivity index (χ1n) is 6.33. The zero-order chi connectivity index (χ0) is 14.8. The lowest BCUT2D eigenvalue weighted by Crippen LogP contribution is -2.10. The summed E-state index contributed by atoms with van der Waals surface area (Å²) >= 11 is 7.45. The molecule has 3 nitrogen and oxygen atoms in total. The number of benzene rings is 1. The molecule has 0 saturated heterocycles. The largest absolute Gasteiger partial charge is 0.284 e. The predicted molar refractivity (Wildman–Crippen MR) is 84.6 cm³/mol. The lowest BCUT2D eigenvalue weighted by atomic mass is 9.87. The molecule has 1 heterocycles. The lowest BCUT2D eigenvalue weighted by Gasteiger charge is -2.19. The standard InChI is InChI=1S/C15H17ClN2OS/c1-15(2,3)11-6-4-10(5-7-11)9-20-12-8-17-18-14(19)13(12)16/h4-8H,9H2,1-3H3,(H,18,19). The van der Waals surface area contributed by atoms with Crippen LogP contribution in [-0.4, -0.2) is 10.2 Å². The van der Waals surface area contributed by atoms with E-state index >= 15 is 0 Å². The Balaban J connectivity index is 2.08. The highest BCUT2D eigenvalue weighted by molar-refractivity contribution is 7.98. The van der Waals surface area contributed by atoms with Crippen LogP contribution in [0.3, 0.4) is 0 Å². The molecule has 0 bridgehead atoms. The molecule has 0 aliphatic heterocycles. The quantitative estimate of drug-likeness (QED) is 0.871. The highest BCUT2D eigenvalue weighted by atomic mass is 35.5. The Bertz CT molecular complexity index is 644. The van der Waals surface area contributed by atoms with E-state index in [1.807, 2.05) is 0 Å². The van der Waals surface area contributed by atoms with Crippen molar-refractivity contribution in [2.45, 2.75) is 36.8 Å². The van der Waals surface area contributed by atoms with Gasteiger partial charge in [-0.2, -0.15) is 5.10 Å². The fourth-order valence-corrected chi connectivity index (χ4v) is 2.85. The van der Waals surface area contributed by atoms with E-state index in [0.717, 1.165) is 5.75 Å². The molecule has 0 unspecified atom stereocenters. The molecule has 5 heteroatoms. The molecule has 0 spiro atoms. The van der Waals surface area contributed by atoms with Crippen molar-refractivity contribution >= 4 is 23.4 Å². The minimum atomic E-state index is -0.347. The average Bonchev–Trinajstić information content (AvgIpc) is 2.40. The van der Waals surface area contributed by atoms with Crippen molar-refractivity contribution in [2.75, 3.05) is 0 Å². The van der Waals surface area contributed by atoms with Crippen LogP contribution in [0.25, 0.3) is 0 Å². The van der Waals surface area contributed by atoms with E-state index in [-0.39, 0.29) is 16.0 Å². The zero-order valence-electron chi connectivity index (χ0n) is 11.7. The second-order valence-electron chi connectivity index (χ2n) is 5.61. The van der Waals surface area contributed by atoms with E-state index in [9.17, 15) is 4.79 Å². The van der Waals surface area contributed by atoms with Gasteiger partial charge in [-0.25, -0.2) is 5.10 Å². The van der Waals surface area contributed by atoms with E-state index in [1.54, 1.807) is 6.20 Å². The summed E-state index contributed by atoms with van der Waals surface area (Å²) in [5.74, 6) is 0.759. The maximum Gasteiger partial charge on any atom is 0.284 e. The van der Waals surface area contributed by atoms with Crippen LogP contribution in [0.1, 0.15) is 31.9 Å². The van der Waals surface area contributed by atoms with E-state index in [0.29, 0.717) is 4.90 Å². The van der Waals surface area contributed by atoms with Crippen LogP contribution in [0.5, 0.6) is 0 Å².